The van der Waals surface area contributed by atoms with Gasteiger partial charge in [0.1, 0.15) is 5.82 Å². The van der Waals surface area contributed by atoms with E-state index in [9.17, 15) is 14.0 Å². The van der Waals surface area contributed by atoms with Crippen LogP contribution in [0.3, 0.4) is 0 Å². The largest absolute Gasteiger partial charge is 0.378 e. The molecule has 0 radical (unpaired) electrons. The van der Waals surface area contributed by atoms with Gasteiger partial charge in [-0.2, -0.15) is 0 Å². The van der Waals surface area contributed by atoms with Crippen molar-refractivity contribution in [3.8, 4) is 0 Å². The lowest BCUT2D eigenvalue weighted by Gasteiger charge is -2.19. The fourth-order valence-electron chi connectivity index (χ4n) is 3.15. The van der Waals surface area contributed by atoms with Gasteiger partial charge in [0.05, 0.1) is 28.4 Å². The molecular formula is C18H12ClFN2O3. The van der Waals surface area contributed by atoms with Crippen LogP contribution in [-0.2, 0) is 14.4 Å². The molecule has 2 aromatic rings. The summed E-state index contributed by atoms with van der Waals surface area (Å²) in [7, 11) is 0. The van der Waals surface area contributed by atoms with Crippen molar-refractivity contribution in [2.45, 2.75) is 18.4 Å². The van der Waals surface area contributed by atoms with Crippen molar-refractivity contribution < 1.29 is 18.8 Å². The molecule has 5 nitrogen and oxygen atoms in total. The number of anilines is 1. The molecule has 2 aliphatic heterocycles. The first-order chi connectivity index (χ1) is 12.0. The minimum Gasteiger partial charge on any atom is -0.378 e. The number of amides is 2. The molecule has 2 aliphatic rings. The first-order valence-corrected chi connectivity index (χ1v) is 8.01. The lowest BCUT2D eigenvalue weighted by Crippen LogP contribution is -2.40. The first-order valence-electron chi connectivity index (χ1n) is 7.64. The number of carbonyl (C=O) groups is 2. The molecule has 0 N–H and O–H groups in total. The van der Waals surface area contributed by atoms with Gasteiger partial charge in [-0.3, -0.25) is 9.59 Å². The number of benzene rings is 2. The van der Waals surface area contributed by atoms with Crippen LogP contribution in [0, 0.1) is 5.82 Å². The van der Waals surface area contributed by atoms with Gasteiger partial charge in [0.25, 0.3) is 5.91 Å². The summed E-state index contributed by atoms with van der Waals surface area (Å²) >= 11 is 6.06. The van der Waals surface area contributed by atoms with E-state index in [1.54, 1.807) is 30.3 Å². The second-order valence-electron chi connectivity index (χ2n) is 5.94. The third-order valence-electron chi connectivity index (χ3n) is 4.33. The van der Waals surface area contributed by atoms with Gasteiger partial charge in [0, 0.05) is 6.42 Å². The topological polar surface area (TPSA) is 59.0 Å². The number of nitrogens with zero attached hydrogens (tertiary/aromatic N) is 2. The highest BCUT2D eigenvalue weighted by Crippen LogP contribution is 2.40. The third-order valence-corrected chi connectivity index (χ3v) is 4.64. The Bertz CT molecular complexity index is 896. The Hall–Kier alpha value is -2.73. The zero-order valence-electron chi connectivity index (χ0n) is 12.9. The summed E-state index contributed by atoms with van der Waals surface area (Å²) in [5.74, 6) is -1.44. The summed E-state index contributed by atoms with van der Waals surface area (Å²) in [6.45, 7) is 0. The molecule has 2 amide bonds. The van der Waals surface area contributed by atoms with Crippen LogP contribution in [0.5, 0.6) is 0 Å². The number of imide groups is 1. The van der Waals surface area contributed by atoms with Gasteiger partial charge in [-0.1, -0.05) is 41.0 Å². The van der Waals surface area contributed by atoms with Crippen LogP contribution in [-0.4, -0.2) is 23.1 Å². The van der Waals surface area contributed by atoms with E-state index in [4.69, 9.17) is 16.4 Å². The summed E-state index contributed by atoms with van der Waals surface area (Å²) < 4.78 is 14.1. The number of para-hydroxylation sites is 1. The number of rotatable bonds is 2. The summed E-state index contributed by atoms with van der Waals surface area (Å²) in [5.41, 5.74) is -0.651. The Balaban J connectivity index is 1.66. The van der Waals surface area contributed by atoms with Crippen LogP contribution in [0.15, 0.2) is 53.7 Å². The zero-order chi connectivity index (χ0) is 17.6. The molecule has 0 aliphatic carbocycles. The minimum atomic E-state index is -1.44. The second kappa shape index (κ2) is 5.67. The number of oxime groups is 1. The van der Waals surface area contributed by atoms with Crippen LogP contribution in [0.2, 0.25) is 5.02 Å². The molecule has 0 saturated carbocycles. The molecule has 1 spiro atoms. The maximum absolute atomic E-state index is 14.1. The van der Waals surface area contributed by atoms with E-state index >= 15 is 0 Å². The summed E-state index contributed by atoms with van der Waals surface area (Å²) in [5, 5.41) is 4.05. The van der Waals surface area contributed by atoms with Gasteiger partial charge < -0.3 is 4.84 Å². The van der Waals surface area contributed by atoms with E-state index in [1.807, 2.05) is 0 Å². The fraction of sp³-hybridized carbons (Fsp3) is 0.167. The van der Waals surface area contributed by atoms with E-state index < -0.39 is 17.3 Å². The average Bonchev–Trinajstić information content (AvgIpc) is 3.10. The fourth-order valence-corrected chi connectivity index (χ4v) is 3.42. The third kappa shape index (κ3) is 2.41. The smallest absolute Gasteiger partial charge is 0.281 e. The van der Waals surface area contributed by atoms with Crippen molar-refractivity contribution in [1.82, 2.24) is 0 Å². The average molecular weight is 359 g/mol. The van der Waals surface area contributed by atoms with Gasteiger partial charge in [-0.05, 0) is 24.3 Å². The molecule has 0 bridgehead atoms. The van der Waals surface area contributed by atoms with E-state index in [2.05, 4.69) is 5.16 Å². The van der Waals surface area contributed by atoms with Gasteiger partial charge >= 0.3 is 0 Å². The van der Waals surface area contributed by atoms with Crippen molar-refractivity contribution in [3.63, 3.8) is 0 Å². The van der Waals surface area contributed by atoms with Crippen LogP contribution >= 0.6 is 11.6 Å². The van der Waals surface area contributed by atoms with Gasteiger partial charge in [0.15, 0.2) is 0 Å². The van der Waals surface area contributed by atoms with Crippen molar-refractivity contribution in [3.05, 3.63) is 64.9 Å². The maximum atomic E-state index is 14.1. The van der Waals surface area contributed by atoms with E-state index in [-0.39, 0.29) is 35.0 Å². The zero-order valence-corrected chi connectivity index (χ0v) is 13.7. The van der Waals surface area contributed by atoms with Crippen LogP contribution in [0.1, 0.15) is 18.4 Å². The molecule has 25 heavy (non-hydrogen) atoms. The predicted molar refractivity (Wildman–Crippen MR) is 89.9 cm³/mol. The molecule has 1 unspecified atom stereocenters. The lowest BCUT2D eigenvalue weighted by atomic mass is 9.92. The number of hydrogen-bond donors (Lipinski definition) is 0. The normalized spacial score (nSPS) is 22.5. The maximum Gasteiger partial charge on any atom is 0.281 e. The molecular weight excluding hydrogens is 347 g/mol. The molecule has 7 heteroatoms. The van der Waals surface area contributed by atoms with Crippen LogP contribution in [0.4, 0.5) is 10.1 Å². The highest BCUT2D eigenvalue weighted by atomic mass is 35.5. The standard InChI is InChI=1S/C18H12ClFN2O3/c19-12-7-4-8-13(20)16(12)14-9-18(25-21-14)10-15(23)22(17(18)24)11-5-2-1-3-6-11/h1-8H,9-10H2. The minimum absolute atomic E-state index is 0.0123. The Morgan fingerprint density at radius 1 is 1.08 bits per heavy atom. The summed E-state index contributed by atoms with van der Waals surface area (Å²) in [6, 6.07) is 12.9. The van der Waals surface area contributed by atoms with Crippen LogP contribution < -0.4 is 4.90 Å². The second-order valence-corrected chi connectivity index (χ2v) is 6.35. The van der Waals surface area contributed by atoms with E-state index in [0.717, 1.165) is 4.90 Å². The molecule has 4 rings (SSSR count). The van der Waals surface area contributed by atoms with Gasteiger partial charge in [0.2, 0.25) is 11.5 Å². The van der Waals surface area contributed by atoms with Gasteiger partial charge in [-0.25, -0.2) is 9.29 Å². The molecule has 1 atom stereocenters. The summed E-state index contributed by atoms with van der Waals surface area (Å²) in [6.07, 6.45) is -0.165. The number of hydrogen-bond acceptors (Lipinski definition) is 4. The van der Waals surface area contributed by atoms with Crippen molar-refractivity contribution in [1.29, 1.82) is 0 Å². The van der Waals surface area contributed by atoms with Crippen LogP contribution in [0.25, 0.3) is 0 Å². The monoisotopic (exact) mass is 358 g/mol. The van der Waals surface area contributed by atoms with Crippen molar-refractivity contribution >= 4 is 34.8 Å². The number of carbonyl (C=O) groups excluding carboxylic acids is 2. The Morgan fingerprint density at radius 3 is 2.56 bits per heavy atom. The molecule has 0 aromatic heterocycles. The van der Waals surface area contributed by atoms with E-state index in [1.165, 1.54) is 18.2 Å². The molecule has 1 fully saturated rings. The first kappa shape index (κ1) is 15.8. The highest BCUT2D eigenvalue weighted by molar-refractivity contribution is 6.35. The molecule has 126 valence electrons. The van der Waals surface area contributed by atoms with Crippen molar-refractivity contribution in [2.24, 2.45) is 5.16 Å². The molecule has 2 aromatic carbocycles. The molecule has 2 heterocycles. The number of halogens is 2. The highest BCUT2D eigenvalue weighted by Gasteiger charge is 2.58. The predicted octanol–water partition coefficient (Wildman–Crippen LogP) is 3.31. The Kier molecular flexibility index (Phi) is 3.58. The van der Waals surface area contributed by atoms with Crippen molar-refractivity contribution in [2.75, 3.05) is 4.90 Å². The lowest BCUT2D eigenvalue weighted by molar-refractivity contribution is -0.136. The van der Waals surface area contributed by atoms with E-state index in [0.29, 0.717) is 5.69 Å². The Morgan fingerprint density at radius 2 is 1.84 bits per heavy atom. The van der Waals surface area contributed by atoms with Gasteiger partial charge in [-0.15, -0.1) is 0 Å². The quantitative estimate of drug-likeness (QED) is 0.774. The SMILES string of the molecule is O=C1CC2(CC(c3c(F)cccc3Cl)=NO2)C(=O)N1c1ccccc1. The Labute approximate surface area is 147 Å². The molecule has 1 saturated heterocycles. The summed E-state index contributed by atoms with van der Waals surface area (Å²) in [4.78, 5) is 31.7.